The molecule has 2 rings (SSSR count). The number of hydrogen-bond acceptors (Lipinski definition) is 2. The van der Waals surface area contributed by atoms with Gasteiger partial charge in [-0.2, -0.15) is 0 Å². The fourth-order valence-electron chi connectivity index (χ4n) is 1.80. The molecule has 0 radical (unpaired) electrons. The summed E-state index contributed by atoms with van der Waals surface area (Å²) < 4.78 is 12.8. The SMILES string of the molecule is CC/C(=C/C(=N)c1ccc(F)cc1)c1ncc(C)[nH]1. The molecule has 0 aliphatic heterocycles. The van der Waals surface area contributed by atoms with Crippen molar-refractivity contribution in [2.75, 3.05) is 0 Å². The fraction of sp³-hybridized carbons (Fsp3) is 0.200. The average molecular weight is 257 g/mol. The number of halogens is 1. The second-order valence-corrected chi connectivity index (χ2v) is 4.36. The molecule has 0 amide bonds. The van der Waals surface area contributed by atoms with E-state index in [1.165, 1.54) is 12.1 Å². The summed E-state index contributed by atoms with van der Waals surface area (Å²) in [6.07, 6.45) is 4.31. The Labute approximate surface area is 111 Å². The van der Waals surface area contributed by atoms with E-state index in [4.69, 9.17) is 5.41 Å². The van der Waals surface area contributed by atoms with Gasteiger partial charge in [0.05, 0.1) is 5.71 Å². The number of aromatic amines is 1. The minimum atomic E-state index is -0.294. The summed E-state index contributed by atoms with van der Waals surface area (Å²) in [6, 6.07) is 5.93. The van der Waals surface area contributed by atoms with E-state index in [2.05, 4.69) is 9.97 Å². The Morgan fingerprint density at radius 1 is 1.37 bits per heavy atom. The molecular formula is C15H16FN3. The van der Waals surface area contributed by atoms with Crippen LogP contribution in [-0.4, -0.2) is 15.7 Å². The zero-order valence-electron chi connectivity index (χ0n) is 11.0. The zero-order valence-corrected chi connectivity index (χ0v) is 11.0. The van der Waals surface area contributed by atoms with Crippen LogP contribution in [0.1, 0.15) is 30.4 Å². The van der Waals surface area contributed by atoms with E-state index < -0.39 is 0 Å². The lowest BCUT2D eigenvalue weighted by Gasteiger charge is -2.03. The van der Waals surface area contributed by atoms with Crippen molar-refractivity contribution < 1.29 is 4.39 Å². The van der Waals surface area contributed by atoms with Crippen LogP contribution in [0.15, 0.2) is 36.5 Å². The lowest BCUT2D eigenvalue weighted by Crippen LogP contribution is -1.97. The lowest BCUT2D eigenvalue weighted by atomic mass is 10.1. The summed E-state index contributed by atoms with van der Waals surface area (Å²) in [5.41, 5.74) is 2.99. The molecule has 0 saturated carbocycles. The van der Waals surface area contributed by atoms with Gasteiger partial charge < -0.3 is 10.4 Å². The molecule has 0 bridgehead atoms. The predicted octanol–water partition coefficient (Wildman–Crippen LogP) is 3.72. The van der Waals surface area contributed by atoms with Gasteiger partial charge in [-0.15, -0.1) is 0 Å². The van der Waals surface area contributed by atoms with E-state index in [-0.39, 0.29) is 5.82 Å². The molecule has 4 heteroatoms. The quantitative estimate of drug-likeness (QED) is 0.806. The topological polar surface area (TPSA) is 52.5 Å². The molecule has 0 atom stereocenters. The molecule has 1 aromatic heterocycles. The minimum Gasteiger partial charge on any atom is -0.342 e. The Kier molecular flexibility index (Phi) is 3.90. The number of rotatable bonds is 4. The van der Waals surface area contributed by atoms with Crippen LogP contribution in [0.2, 0.25) is 0 Å². The van der Waals surface area contributed by atoms with Crippen molar-refractivity contribution in [2.45, 2.75) is 20.3 Å². The van der Waals surface area contributed by atoms with Crippen LogP contribution in [0.3, 0.4) is 0 Å². The smallest absolute Gasteiger partial charge is 0.133 e. The number of hydrogen-bond donors (Lipinski definition) is 2. The third-order valence-corrected chi connectivity index (χ3v) is 2.86. The summed E-state index contributed by atoms with van der Waals surface area (Å²) in [5, 5.41) is 8.05. The number of aryl methyl sites for hydroxylation is 1. The van der Waals surface area contributed by atoms with Crippen molar-refractivity contribution in [3.05, 3.63) is 59.4 Å². The molecule has 0 aliphatic carbocycles. The van der Waals surface area contributed by atoms with E-state index in [1.807, 2.05) is 13.8 Å². The van der Waals surface area contributed by atoms with Crippen LogP contribution >= 0.6 is 0 Å². The van der Waals surface area contributed by atoms with Crippen LogP contribution in [0, 0.1) is 18.2 Å². The van der Waals surface area contributed by atoms with Crippen molar-refractivity contribution in [2.24, 2.45) is 0 Å². The van der Waals surface area contributed by atoms with Crippen LogP contribution in [0.5, 0.6) is 0 Å². The molecule has 1 aromatic carbocycles. The zero-order chi connectivity index (χ0) is 13.8. The molecule has 0 spiro atoms. The molecule has 0 aliphatic rings. The van der Waals surface area contributed by atoms with E-state index in [9.17, 15) is 4.39 Å². The summed E-state index contributed by atoms with van der Waals surface area (Å²) in [7, 11) is 0. The summed E-state index contributed by atoms with van der Waals surface area (Å²) in [4.78, 5) is 7.42. The fourth-order valence-corrected chi connectivity index (χ4v) is 1.80. The van der Waals surface area contributed by atoms with Crippen LogP contribution in [-0.2, 0) is 0 Å². The average Bonchev–Trinajstić information content (AvgIpc) is 2.83. The Bertz CT molecular complexity index is 609. The number of benzene rings is 1. The number of imidazole rings is 1. The summed E-state index contributed by atoms with van der Waals surface area (Å²) >= 11 is 0. The Morgan fingerprint density at radius 2 is 2.05 bits per heavy atom. The lowest BCUT2D eigenvalue weighted by molar-refractivity contribution is 0.628. The number of H-pyrrole nitrogens is 1. The highest BCUT2D eigenvalue weighted by Gasteiger charge is 2.06. The molecule has 98 valence electrons. The third-order valence-electron chi connectivity index (χ3n) is 2.86. The highest BCUT2D eigenvalue weighted by molar-refractivity contribution is 6.10. The van der Waals surface area contributed by atoms with Gasteiger partial charge in [0.15, 0.2) is 0 Å². The van der Waals surface area contributed by atoms with Crippen molar-refractivity contribution >= 4 is 11.3 Å². The van der Waals surface area contributed by atoms with Crippen LogP contribution in [0.4, 0.5) is 4.39 Å². The van der Waals surface area contributed by atoms with Gasteiger partial charge in [0.2, 0.25) is 0 Å². The van der Waals surface area contributed by atoms with Crippen LogP contribution < -0.4 is 0 Å². The Balaban J connectivity index is 2.27. The molecule has 0 fully saturated rings. The van der Waals surface area contributed by atoms with E-state index in [0.29, 0.717) is 11.3 Å². The van der Waals surface area contributed by atoms with Gasteiger partial charge in [-0.25, -0.2) is 9.37 Å². The first-order valence-electron chi connectivity index (χ1n) is 6.17. The first-order chi connectivity index (χ1) is 9.10. The van der Waals surface area contributed by atoms with Crippen molar-refractivity contribution in [3.63, 3.8) is 0 Å². The van der Waals surface area contributed by atoms with Gasteiger partial charge >= 0.3 is 0 Å². The van der Waals surface area contributed by atoms with Gasteiger partial charge in [0, 0.05) is 11.9 Å². The molecule has 1 heterocycles. The second-order valence-electron chi connectivity index (χ2n) is 4.36. The molecule has 19 heavy (non-hydrogen) atoms. The monoisotopic (exact) mass is 257 g/mol. The molecule has 0 saturated heterocycles. The van der Waals surface area contributed by atoms with Gasteiger partial charge in [0.1, 0.15) is 11.6 Å². The molecule has 2 aromatic rings. The summed E-state index contributed by atoms with van der Waals surface area (Å²) in [5.74, 6) is 0.491. The molecule has 0 unspecified atom stereocenters. The van der Waals surface area contributed by atoms with E-state index in [1.54, 1.807) is 24.4 Å². The number of nitrogens with zero attached hydrogens (tertiary/aromatic N) is 1. The summed E-state index contributed by atoms with van der Waals surface area (Å²) in [6.45, 7) is 3.96. The van der Waals surface area contributed by atoms with Crippen molar-refractivity contribution in [1.29, 1.82) is 5.41 Å². The van der Waals surface area contributed by atoms with Gasteiger partial charge in [0.25, 0.3) is 0 Å². The first-order valence-corrected chi connectivity index (χ1v) is 6.17. The number of nitrogens with one attached hydrogen (secondary N) is 2. The van der Waals surface area contributed by atoms with Crippen molar-refractivity contribution in [3.8, 4) is 0 Å². The maximum absolute atomic E-state index is 12.8. The van der Waals surface area contributed by atoms with Gasteiger partial charge in [-0.05, 0) is 54.8 Å². The highest BCUT2D eigenvalue weighted by atomic mass is 19.1. The van der Waals surface area contributed by atoms with Crippen molar-refractivity contribution in [1.82, 2.24) is 9.97 Å². The van der Waals surface area contributed by atoms with Gasteiger partial charge in [-0.1, -0.05) is 6.92 Å². The highest BCUT2D eigenvalue weighted by Crippen LogP contribution is 2.16. The molecule has 2 N–H and O–H groups in total. The third kappa shape index (κ3) is 3.16. The van der Waals surface area contributed by atoms with E-state index >= 15 is 0 Å². The van der Waals surface area contributed by atoms with Gasteiger partial charge in [-0.3, -0.25) is 0 Å². The molecule has 3 nitrogen and oxygen atoms in total. The maximum Gasteiger partial charge on any atom is 0.133 e. The Morgan fingerprint density at radius 3 is 2.58 bits per heavy atom. The standard InChI is InChI=1S/C15H16FN3/c1-3-11(15-18-9-10(2)19-15)8-14(17)12-4-6-13(16)7-5-12/h4-9,17H,3H2,1-2H3,(H,18,19)/b11-8-,17-14?. The second kappa shape index (κ2) is 5.61. The largest absolute Gasteiger partial charge is 0.342 e. The number of allylic oxidation sites excluding steroid dienone is 2. The van der Waals surface area contributed by atoms with Crippen LogP contribution in [0.25, 0.3) is 5.57 Å². The predicted molar refractivity (Wildman–Crippen MR) is 74.8 cm³/mol. The van der Waals surface area contributed by atoms with E-state index in [0.717, 1.165) is 23.5 Å². The maximum atomic E-state index is 12.8. The normalized spacial score (nSPS) is 11.6. The Hall–Kier alpha value is -2.23. The first kappa shape index (κ1) is 13.2. The minimum absolute atomic E-state index is 0.294. The molecular weight excluding hydrogens is 241 g/mol. The number of aromatic nitrogens is 2.